The maximum absolute atomic E-state index is 6.24. The van der Waals surface area contributed by atoms with Crippen LogP contribution in [-0.4, -0.2) is 25.3 Å². The van der Waals surface area contributed by atoms with Gasteiger partial charge in [0.1, 0.15) is 16.4 Å². The number of methoxy groups -OCH3 is 1. The Balaban J connectivity index is 2.21. The van der Waals surface area contributed by atoms with Gasteiger partial charge in [-0.3, -0.25) is 0 Å². The lowest BCUT2D eigenvalue weighted by Gasteiger charge is -2.14. The molecule has 0 saturated carbocycles. The molecule has 2 heterocycles. The number of pyridine rings is 1. The zero-order valence-corrected chi connectivity index (χ0v) is 11.5. The molecule has 19 heavy (non-hydrogen) atoms. The molecule has 2 aromatic rings. The number of rotatable bonds is 2. The minimum Gasteiger partial charge on any atom is -0.494 e. The van der Waals surface area contributed by atoms with Crippen molar-refractivity contribution in [2.75, 3.05) is 20.3 Å². The number of aryl methyl sites for hydroxylation is 1. The highest BCUT2D eigenvalue weighted by molar-refractivity contribution is 6.30. The van der Waals surface area contributed by atoms with Gasteiger partial charge in [0.2, 0.25) is 0 Å². The molecule has 0 amide bonds. The summed E-state index contributed by atoms with van der Waals surface area (Å²) in [7, 11) is 1.62. The molecular formula is C14H14ClNO3. The summed E-state index contributed by atoms with van der Waals surface area (Å²) in [5.74, 6) is 0.710. The largest absolute Gasteiger partial charge is 0.494 e. The van der Waals surface area contributed by atoms with E-state index in [0.717, 1.165) is 22.0 Å². The standard InChI is InChI=1S/C14H14ClNO3/c1-8-3-4-11(17-2)12-9(8)7-10(13(15)16-12)14-18-5-6-19-14/h3-4,7,14H,5-6H2,1-2H3. The van der Waals surface area contributed by atoms with Crippen LogP contribution in [0.5, 0.6) is 5.75 Å². The van der Waals surface area contributed by atoms with Crippen molar-refractivity contribution in [1.82, 2.24) is 4.98 Å². The molecule has 100 valence electrons. The van der Waals surface area contributed by atoms with E-state index in [0.29, 0.717) is 24.1 Å². The molecule has 0 aliphatic carbocycles. The topological polar surface area (TPSA) is 40.6 Å². The summed E-state index contributed by atoms with van der Waals surface area (Å²) in [5, 5.41) is 1.39. The maximum atomic E-state index is 6.24. The molecule has 1 aromatic carbocycles. The number of nitrogens with zero attached hydrogens (tertiary/aromatic N) is 1. The number of benzene rings is 1. The second kappa shape index (κ2) is 4.96. The van der Waals surface area contributed by atoms with Gasteiger partial charge < -0.3 is 14.2 Å². The van der Waals surface area contributed by atoms with Crippen molar-refractivity contribution in [2.24, 2.45) is 0 Å². The van der Waals surface area contributed by atoms with Gasteiger partial charge in [0, 0.05) is 10.9 Å². The Morgan fingerprint density at radius 2 is 2.05 bits per heavy atom. The van der Waals surface area contributed by atoms with Gasteiger partial charge >= 0.3 is 0 Å². The summed E-state index contributed by atoms with van der Waals surface area (Å²) in [6.45, 7) is 3.18. The van der Waals surface area contributed by atoms with Crippen LogP contribution in [-0.2, 0) is 9.47 Å². The van der Waals surface area contributed by atoms with Crippen LogP contribution < -0.4 is 4.74 Å². The molecule has 1 fully saturated rings. The predicted molar refractivity (Wildman–Crippen MR) is 72.7 cm³/mol. The van der Waals surface area contributed by atoms with Crippen LogP contribution in [0.25, 0.3) is 10.9 Å². The Morgan fingerprint density at radius 3 is 2.74 bits per heavy atom. The highest BCUT2D eigenvalue weighted by Gasteiger charge is 2.23. The fourth-order valence-corrected chi connectivity index (χ4v) is 2.46. The lowest BCUT2D eigenvalue weighted by molar-refractivity contribution is -0.0441. The molecule has 1 aliphatic heterocycles. The third kappa shape index (κ3) is 2.16. The molecule has 4 nitrogen and oxygen atoms in total. The minimum atomic E-state index is -0.421. The van der Waals surface area contributed by atoms with E-state index in [9.17, 15) is 0 Å². The van der Waals surface area contributed by atoms with Crippen LogP contribution >= 0.6 is 11.6 Å². The molecule has 0 unspecified atom stereocenters. The monoisotopic (exact) mass is 279 g/mol. The first kappa shape index (κ1) is 12.7. The van der Waals surface area contributed by atoms with Gasteiger partial charge in [0.15, 0.2) is 6.29 Å². The van der Waals surface area contributed by atoms with Crippen LogP contribution in [0.3, 0.4) is 0 Å². The van der Waals surface area contributed by atoms with Crippen molar-refractivity contribution >= 4 is 22.5 Å². The third-order valence-electron chi connectivity index (χ3n) is 3.24. The number of aromatic nitrogens is 1. The van der Waals surface area contributed by atoms with Crippen LogP contribution in [0.2, 0.25) is 5.15 Å². The third-order valence-corrected chi connectivity index (χ3v) is 3.54. The highest BCUT2D eigenvalue weighted by atomic mass is 35.5. The van der Waals surface area contributed by atoms with Gasteiger partial charge in [-0.2, -0.15) is 0 Å². The minimum absolute atomic E-state index is 0.392. The van der Waals surface area contributed by atoms with E-state index in [-0.39, 0.29) is 0 Å². The number of hydrogen-bond acceptors (Lipinski definition) is 4. The van der Waals surface area contributed by atoms with Gasteiger partial charge in [-0.15, -0.1) is 0 Å². The quantitative estimate of drug-likeness (QED) is 0.791. The van der Waals surface area contributed by atoms with Crippen LogP contribution in [0.15, 0.2) is 18.2 Å². The molecule has 1 saturated heterocycles. The van der Waals surface area contributed by atoms with Gasteiger partial charge in [0.25, 0.3) is 0 Å². The van der Waals surface area contributed by atoms with Crippen LogP contribution in [0.4, 0.5) is 0 Å². The number of ether oxygens (including phenoxy) is 3. The second-order valence-corrected chi connectivity index (χ2v) is 4.78. The summed E-state index contributed by atoms with van der Waals surface area (Å²) < 4.78 is 16.3. The molecule has 0 radical (unpaired) electrons. The zero-order valence-electron chi connectivity index (χ0n) is 10.8. The average Bonchev–Trinajstić information content (AvgIpc) is 2.92. The van der Waals surface area contributed by atoms with Crippen molar-refractivity contribution in [1.29, 1.82) is 0 Å². The maximum Gasteiger partial charge on any atom is 0.187 e. The van der Waals surface area contributed by atoms with Crippen molar-refractivity contribution in [2.45, 2.75) is 13.2 Å². The SMILES string of the molecule is COc1ccc(C)c2cc(C3OCCO3)c(Cl)nc12. The Hall–Kier alpha value is -1.36. The van der Waals surface area contributed by atoms with E-state index >= 15 is 0 Å². The number of halogens is 1. The summed E-state index contributed by atoms with van der Waals surface area (Å²) in [6.07, 6.45) is -0.421. The normalized spacial score (nSPS) is 16.2. The van der Waals surface area contributed by atoms with E-state index in [2.05, 4.69) is 4.98 Å². The first-order valence-electron chi connectivity index (χ1n) is 6.07. The van der Waals surface area contributed by atoms with Gasteiger partial charge in [-0.05, 0) is 24.6 Å². The van der Waals surface area contributed by atoms with Gasteiger partial charge in [-0.25, -0.2) is 4.98 Å². The lowest BCUT2D eigenvalue weighted by atomic mass is 10.1. The fourth-order valence-electron chi connectivity index (χ4n) is 2.23. The van der Waals surface area contributed by atoms with E-state index < -0.39 is 6.29 Å². The fraction of sp³-hybridized carbons (Fsp3) is 0.357. The van der Waals surface area contributed by atoms with Crippen molar-refractivity contribution in [3.8, 4) is 5.75 Å². The van der Waals surface area contributed by atoms with E-state index in [1.54, 1.807) is 7.11 Å². The molecule has 0 spiro atoms. The summed E-state index contributed by atoms with van der Waals surface area (Å²) in [4.78, 5) is 4.43. The zero-order chi connectivity index (χ0) is 13.4. The molecule has 5 heteroatoms. The van der Waals surface area contributed by atoms with Crippen molar-refractivity contribution < 1.29 is 14.2 Å². The number of fused-ring (bicyclic) bond motifs is 1. The molecular weight excluding hydrogens is 266 g/mol. The first-order chi connectivity index (χ1) is 9.20. The molecule has 0 N–H and O–H groups in total. The Bertz CT molecular complexity index is 624. The first-order valence-corrected chi connectivity index (χ1v) is 6.45. The lowest BCUT2D eigenvalue weighted by Crippen LogP contribution is -2.02. The predicted octanol–water partition coefficient (Wildman–Crippen LogP) is 3.25. The summed E-state index contributed by atoms with van der Waals surface area (Å²) in [6, 6.07) is 5.86. The number of hydrogen-bond donors (Lipinski definition) is 0. The van der Waals surface area contributed by atoms with E-state index in [4.69, 9.17) is 25.8 Å². The summed E-state index contributed by atoms with van der Waals surface area (Å²) >= 11 is 6.24. The van der Waals surface area contributed by atoms with E-state index in [1.807, 2.05) is 25.1 Å². The molecule has 3 rings (SSSR count). The van der Waals surface area contributed by atoms with Crippen LogP contribution in [0, 0.1) is 6.92 Å². The van der Waals surface area contributed by atoms with Gasteiger partial charge in [-0.1, -0.05) is 17.7 Å². The van der Waals surface area contributed by atoms with Crippen molar-refractivity contribution in [3.63, 3.8) is 0 Å². The van der Waals surface area contributed by atoms with Gasteiger partial charge in [0.05, 0.1) is 20.3 Å². The molecule has 1 aromatic heterocycles. The molecule has 1 aliphatic rings. The summed E-state index contributed by atoms with van der Waals surface area (Å²) in [5.41, 5.74) is 2.64. The molecule has 0 bridgehead atoms. The Labute approximate surface area is 116 Å². The van der Waals surface area contributed by atoms with E-state index in [1.165, 1.54) is 0 Å². The molecule has 0 atom stereocenters. The Morgan fingerprint density at radius 1 is 1.32 bits per heavy atom. The average molecular weight is 280 g/mol. The van der Waals surface area contributed by atoms with Crippen molar-refractivity contribution in [3.05, 3.63) is 34.5 Å². The Kier molecular flexibility index (Phi) is 3.31. The highest BCUT2D eigenvalue weighted by Crippen LogP contribution is 2.34. The van der Waals surface area contributed by atoms with Crippen LogP contribution in [0.1, 0.15) is 17.4 Å². The second-order valence-electron chi connectivity index (χ2n) is 4.42. The smallest absolute Gasteiger partial charge is 0.187 e.